The molecule has 2 aliphatic rings. The molecule has 1 aromatic rings. The number of hydrogen-bond acceptors (Lipinski definition) is 1. The van der Waals surface area contributed by atoms with Gasteiger partial charge in [-0.15, -0.1) is 0 Å². The summed E-state index contributed by atoms with van der Waals surface area (Å²) in [6.07, 6.45) is 5.68. The summed E-state index contributed by atoms with van der Waals surface area (Å²) in [7, 11) is 0. The van der Waals surface area contributed by atoms with Gasteiger partial charge in [0.05, 0.1) is 5.69 Å². The third kappa shape index (κ3) is 1.43. The Morgan fingerprint density at radius 1 is 1.39 bits per heavy atom. The molecule has 0 N–H and O–H groups in total. The van der Waals surface area contributed by atoms with Crippen molar-refractivity contribution < 1.29 is 9.18 Å². The molecule has 1 aromatic carbocycles. The molecule has 1 fully saturated rings. The average molecular weight is 245 g/mol. The molecule has 0 bridgehead atoms. The van der Waals surface area contributed by atoms with Crippen LogP contribution in [0, 0.1) is 5.82 Å². The average Bonchev–Trinajstić information content (AvgIpc) is 2.97. The van der Waals surface area contributed by atoms with E-state index in [9.17, 15) is 9.18 Å². The third-order valence-corrected chi connectivity index (χ3v) is 4.29. The fourth-order valence-electron chi connectivity index (χ4n) is 3.46. The number of para-hydroxylation sites is 1. The lowest BCUT2D eigenvalue weighted by Crippen LogP contribution is -2.34. The largest absolute Gasteiger partial charge is 0.305 e. The SMILES string of the molecule is C=CC(=O)N1CC2(CCCC2)c2cccc(F)c21. The minimum atomic E-state index is -0.300. The van der Waals surface area contributed by atoms with Crippen molar-refractivity contribution in [1.82, 2.24) is 0 Å². The van der Waals surface area contributed by atoms with Crippen molar-refractivity contribution >= 4 is 11.6 Å². The summed E-state index contributed by atoms with van der Waals surface area (Å²) in [6.45, 7) is 4.11. The summed E-state index contributed by atoms with van der Waals surface area (Å²) in [5.74, 6) is -0.503. The summed E-state index contributed by atoms with van der Waals surface area (Å²) in [5, 5.41) is 0. The summed E-state index contributed by atoms with van der Waals surface area (Å²) >= 11 is 0. The number of rotatable bonds is 1. The molecule has 1 amide bonds. The van der Waals surface area contributed by atoms with E-state index in [-0.39, 0.29) is 17.1 Å². The van der Waals surface area contributed by atoms with Gasteiger partial charge < -0.3 is 4.90 Å². The molecule has 0 aromatic heterocycles. The van der Waals surface area contributed by atoms with Gasteiger partial charge in [0.2, 0.25) is 5.91 Å². The van der Waals surface area contributed by atoms with Gasteiger partial charge >= 0.3 is 0 Å². The molecule has 0 saturated heterocycles. The second-order valence-electron chi connectivity index (χ2n) is 5.25. The van der Waals surface area contributed by atoms with Crippen molar-refractivity contribution in [2.75, 3.05) is 11.4 Å². The number of fused-ring (bicyclic) bond motifs is 2. The summed E-state index contributed by atoms with van der Waals surface area (Å²) in [5.41, 5.74) is 1.47. The number of carbonyl (C=O) groups is 1. The molecule has 1 spiro atoms. The number of carbonyl (C=O) groups excluding carboxylic acids is 1. The number of nitrogens with zero attached hydrogens (tertiary/aromatic N) is 1. The predicted octanol–water partition coefficient (Wildman–Crippen LogP) is 3.17. The Labute approximate surface area is 106 Å². The molecule has 1 aliphatic heterocycles. The molecule has 3 heteroatoms. The normalized spacial score (nSPS) is 20.2. The highest BCUT2D eigenvalue weighted by Gasteiger charge is 2.46. The van der Waals surface area contributed by atoms with Gasteiger partial charge in [-0.3, -0.25) is 4.79 Å². The topological polar surface area (TPSA) is 20.3 Å². The maximum Gasteiger partial charge on any atom is 0.250 e. The lowest BCUT2D eigenvalue weighted by Gasteiger charge is -2.24. The monoisotopic (exact) mass is 245 g/mol. The Morgan fingerprint density at radius 2 is 2.11 bits per heavy atom. The van der Waals surface area contributed by atoms with Gasteiger partial charge in [-0.2, -0.15) is 0 Å². The number of halogens is 1. The van der Waals surface area contributed by atoms with Crippen LogP contribution in [-0.2, 0) is 10.2 Å². The first-order valence-corrected chi connectivity index (χ1v) is 6.41. The molecule has 3 rings (SSSR count). The number of anilines is 1. The molecule has 94 valence electrons. The fraction of sp³-hybridized carbons (Fsp3) is 0.400. The third-order valence-electron chi connectivity index (χ3n) is 4.29. The zero-order valence-corrected chi connectivity index (χ0v) is 10.3. The Balaban J connectivity index is 2.15. The van der Waals surface area contributed by atoms with Crippen molar-refractivity contribution in [2.24, 2.45) is 0 Å². The number of hydrogen-bond donors (Lipinski definition) is 0. The van der Waals surface area contributed by atoms with E-state index in [1.165, 1.54) is 12.1 Å². The van der Waals surface area contributed by atoms with Crippen LogP contribution in [0.1, 0.15) is 31.2 Å². The van der Waals surface area contributed by atoms with Crippen molar-refractivity contribution in [2.45, 2.75) is 31.1 Å². The first kappa shape index (κ1) is 11.5. The molecule has 0 radical (unpaired) electrons. The minimum absolute atomic E-state index is 0.0178. The summed E-state index contributed by atoms with van der Waals surface area (Å²) < 4.78 is 14.0. The maximum atomic E-state index is 14.0. The van der Waals surface area contributed by atoms with Gasteiger partial charge in [-0.1, -0.05) is 31.6 Å². The van der Waals surface area contributed by atoms with Gasteiger partial charge in [0.15, 0.2) is 0 Å². The summed E-state index contributed by atoms with van der Waals surface area (Å²) in [6, 6.07) is 5.15. The zero-order chi connectivity index (χ0) is 12.8. The molecule has 2 nitrogen and oxygen atoms in total. The Kier molecular flexibility index (Phi) is 2.51. The molecule has 1 heterocycles. The van der Waals surface area contributed by atoms with Gasteiger partial charge in [-0.05, 0) is 30.5 Å². The standard InChI is InChI=1S/C15H16FNO/c1-2-13(18)17-10-15(8-3-4-9-15)11-6-5-7-12(16)14(11)17/h2,5-7H,1,3-4,8-10H2. The Hall–Kier alpha value is -1.64. The predicted molar refractivity (Wildman–Crippen MR) is 69.1 cm³/mol. The number of amides is 1. The Morgan fingerprint density at radius 3 is 2.78 bits per heavy atom. The lowest BCUT2D eigenvalue weighted by atomic mass is 9.81. The minimum Gasteiger partial charge on any atom is -0.305 e. The van der Waals surface area contributed by atoms with Crippen LogP contribution >= 0.6 is 0 Å². The molecule has 1 aliphatic carbocycles. The molecule has 1 saturated carbocycles. The second kappa shape index (κ2) is 3.94. The van der Waals surface area contributed by atoms with Crippen LogP contribution < -0.4 is 4.90 Å². The van der Waals surface area contributed by atoms with Crippen LogP contribution in [0.3, 0.4) is 0 Å². The van der Waals surface area contributed by atoms with E-state index in [0.29, 0.717) is 12.2 Å². The maximum absolute atomic E-state index is 14.0. The lowest BCUT2D eigenvalue weighted by molar-refractivity contribution is -0.114. The molecule has 0 unspecified atom stereocenters. The van der Waals surface area contributed by atoms with Crippen molar-refractivity contribution in [1.29, 1.82) is 0 Å². The van der Waals surface area contributed by atoms with Crippen LogP contribution in [0.4, 0.5) is 10.1 Å². The highest BCUT2D eigenvalue weighted by molar-refractivity contribution is 6.03. The first-order valence-electron chi connectivity index (χ1n) is 6.41. The highest BCUT2D eigenvalue weighted by atomic mass is 19.1. The van der Waals surface area contributed by atoms with Crippen molar-refractivity contribution in [3.8, 4) is 0 Å². The first-order chi connectivity index (χ1) is 8.68. The van der Waals surface area contributed by atoms with E-state index in [0.717, 1.165) is 31.2 Å². The van der Waals surface area contributed by atoms with Crippen LogP contribution in [-0.4, -0.2) is 12.5 Å². The van der Waals surface area contributed by atoms with Gasteiger partial charge in [0, 0.05) is 12.0 Å². The highest BCUT2D eigenvalue weighted by Crippen LogP contribution is 2.51. The van der Waals surface area contributed by atoms with E-state index >= 15 is 0 Å². The van der Waals surface area contributed by atoms with E-state index in [1.54, 1.807) is 11.0 Å². The molecule has 18 heavy (non-hydrogen) atoms. The second-order valence-corrected chi connectivity index (χ2v) is 5.25. The Bertz CT molecular complexity index is 517. The van der Waals surface area contributed by atoms with Crippen molar-refractivity contribution in [3.05, 3.63) is 42.2 Å². The summed E-state index contributed by atoms with van der Waals surface area (Å²) in [4.78, 5) is 13.5. The van der Waals surface area contributed by atoms with Gasteiger partial charge in [0.25, 0.3) is 0 Å². The van der Waals surface area contributed by atoms with Crippen LogP contribution in [0.15, 0.2) is 30.9 Å². The molecular formula is C15H16FNO. The van der Waals surface area contributed by atoms with Gasteiger partial charge in [0.1, 0.15) is 5.82 Å². The van der Waals surface area contributed by atoms with Gasteiger partial charge in [-0.25, -0.2) is 4.39 Å². The van der Waals surface area contributed by atoms with Crippen LogP contribution in [0.2, 0.25) is 0 Å². The quantitative estimate of drug-likeness (QED) is 0.696. The van der Waals surface area contributed by atoms with E-state index in [1.807, 2.05) is 6.07 Å². The van der Waals surface area contributed by atoms with E-state index in [2.05, 4.69) is 6.58 Å². The smallest absolute Gasteiger partial charge is 0.250 e. The number of benzene rings is 1. The van der Waals surface area contributed by atoms with E-state index < -0.39 is 0 Å². The van der Waals surface area contributed by atoms with E-state index in [4.69, 9.17) is 0 Å². The van der Waals surface area contributed by atoms with Crippen molar-refractivity contribution in [3.63, 3.8) is 0 Å². The fourth-order valence-corrected chi connectivity index (χ4v) is 3.46. The van der Waals surface area contributed by atoms with Crippen LogP contribution in [0.5, 0.6) is 0 Å². The zero-order valence-electron chi connectivity index (χ0n) is 10.3. The van der Waals surface area contributed by atoms with Crippen LogP contribution in [0.25, 0.3) is 0 Å². The molecular weight excluding hydrogens is 229 g/mol. The molecule has 0 atom stereocenters.